The van der Waals surface area contributed by atoms with Crippen LogP contribution in [0.3, 0.4) is 0 Å². The number of aliphatic hydroxyl groups excluding tert-OH is 1. The largest absolute Gasteiger partial charge is 0.550 e. The molecule has 1 amide bonds. The average molecular weight is 734 g/mol. The number of guanidine groups is 1. The summed E-state index contributed by atoms with van der Waals surface area (Å²) in [4.78, 5) is 68.3. The van der Waals surface area contributed by atoms with Crippen LogP contribution in [0.1, 0.15) is 66.4 Å². The number of aromatic nitrogens is 3. The zero-order valence-electron chi connectivity index (χ0n) is 28.9. The zero-order chi connectivity index (χ0) is 39.1. The summed E-state index contributed by atoms with van der Waals surface area (Å²) in [5, 5.41) is 44.2. The maximum Gasteiger partial charge on any atom is 0.338 e. The molecule has 2 atom stereocenters. The number of carboxylic acid groups (broad SMARTS) is 3. The summed E-state index contributed by atoms with van der Waals surface area (Å²) in [7, 11) is 0. The van der Waals surface area contributed by atoms with Crippen molar-refractivity contribution in [3.8, 4) is 0 Å². The number of hydrogen-bond donors (Lipinski definition) is 12. The molecule has 18 N–H and O–H groups in total. The van der Waals surface area contributed by atoms with E-state index in [1.165, 1.54) is 12.1 Å². The third kappa shape index (κ3) is 17.9. The summed E-state index contributed by atoms with van der Waals surface area (Å²) in [5.41, 5.74) is 26.6. The highest BCUT2D eigenvalue weighted by Crippen LogP contribution is 2.16. The van der Waals surface area contributed by atoms with Crippen LogP contribution in [-0.4, -0.2) is 93.4 Å². The second-order valence-electron chi connectivity index (χ2n) is 11.4. The maximum absolute atomic E-state index is 12.2. The van der Waals surface area contributed by atoms with Gasteiger partial charge in [0.2, 0.25) is 5.95 Å². The van der Waals surface area contributed by atoms with Gasteiger partial charge < -0.3 is 57.5 Å². The van der Waals surface area contributed by atoms with Crippen molar-refractivity contribution >= 4 is 46.8 Å². The SMILES string of the molecule is NC(N)=[NH+]CCCC(N)C(=O)O.Nc1nc2[nH]cc(CCc3ccc(C(=O)NC(CCC(=O)[O-])C(=O)[O-])cc3)c2c(=O)[nH]1.[NH3+]CNCCCCCO. The Bertz CT molecular complexity index is 1630. The van der Waals surface area contributed by atoms with E-state index < -0.39 is 42.3 Å². The number of nitrogens with one attached hydrogen (secondary N) is 5. The number of aromatic amines is 2. The normalized spacial score (nSPS) is 11.6. The van der Waals surface area contributed by atoms with Crippen molar-refractivity contribution in [2.24, 2.45) is 17.2 Å². The van der Waals surface area contributed by atoms with Crippen molar-refractivity contribution in [1.82, 2.24) is 25.6 Å². The lowest BCUT2D eigenvalue weighted by molar-refractivity contribution is -0.459. The van der Waals surface area contributed by atoms with Gasteiger partial charge in [-0.25, -0.2) is 0 Å². The van der Waals surface area contributed by atoms with E-state index in [2.05, 4.69) is 36.3 Å². The number of rotatable bonds is 20. The number of H-pyrrole nitrogens is 2. The molecule has 20 heteroatoms. The number of quaternary nitrogens is 1. The number of nitrogens with zero attached hydrogens (tertiary/aromatic N) is 1. The van der Waals surface area contributed by atoms with Gasteiger partial charge in [-0.3, -0.25) is 41.1 Å². The molecular weight excluding hydrogens is 682 g/mol. The van der Waals surface area contributed by atoms with Gasteiger partial charge in [-0.1, -0.05) is 12.1 Å². The van der Waals surface area contributed by atoms with Crippen LogP contribution in [0.5, 0.6) is 0 Å². The smallest absolute Gasteiger partial charge is 0.338 e. The molecule has 52 heavy (non-hydrogen) atoms. The Morgan fingerprint density at radius 3 is 2.29 bits per heavy atom. The Hall–Kier alpha value is -5.57. The number of nitrogen functional groups attached to an aromatic ring is 1. The van der Waals surface area contributed by atoms with Crippen LogP contribution < -0.4 is 60.1 Å². The van der Waals surface area contributed by atoms with Gasteiger partial charge in [-0.15, -0.1) is 0 Å². The van der Waals surface area contributed by atoms with Gasteiger partial charge in [0, 0.05) is 30.9 Å². The predicted octanol–water partition coefficient (Wildman–Crippen LogP) is -6.53. The number of aryl methyl sites for hydroxylation is 2. The lowest BCUT2D eigenvalue weighted by Gasteiger charge is -2.20. The van der Waals surface area contributed by atoms with Crippen LogP contribution in [0.2, 0.25) is 0 Å². The molecular formula is C32H51N11O9. The highest BCUT2D eigenvalue weighted by atomic mass is 16.4. The number of aliphatic carboxylic acids is 3. The van der Waals surface area contributed by atoms with Crippen molar-refractivity contribution in [3.05, 3.63) is 57.5 Å². The van der Waals surface area contributed by atoms with E-state index >= 15 is 0 Å². The van der Waals surface area contributed by atoms with Crippen molar-refractivity contribution in [1.29, 1.82) is 0 Å². The molecule has 20 nitrogen and oxygen atoms in total. The van der Waals surface area contributed by atoms with E-state index in [1.54, 1.807) is 18.3 Å². The van der Waals surface area contributed by atoms with Gasteiger partial charge in [0.25, 0.3) is 11.5 Å². The first-order valence-electron chi connectivity index (χ1n) is 16.6. The number of carbonyl (C=O) groups excluding carboxylic acids is 3. The molecule has 1 aromatic carbocycles. The first kappa shape index (κ1) is 44.5. The molecule has 0 saturated carbocycles. The number of amides is 1. The van der Waals surface area contributed by atoms with Crippen LogP contribution >= 0.6 is 0 Å². The summed E-state index contributed by atoms with van der Waals surface area (Å²) in [5.74, 6) is -4.47. The summed E-state index contributed by atoms with van der Waals surface area (Å²) < 4.78 is 0. The fourth-order valence-electron chi connectivity index (χ4n) is 4.51. The molecule has 0 saturated heterocycles. The van der Waals surface area contributed by atoms with E-state index in [0.29, 0.717) is 49.9 Å². The Labute approximate surface area is 299 Å². The third-order valence-electron chi connectivity index (χ3n) is 7.29. The minimum absolute atomic E-state index is 0.0281. The quantitative estimate of drug-likeness (QED) is 0.0222. The van der Waals surface area contributed by atoms with Gasteiger partial charge in [-0.2, -0.15) is 4.98 Å². The molecule has 288 valence electrons. The Morgan fingerprint density at radius 1 is 1.02 bits per heavy atom. The average Bonchev–Trinajstić information content (AvgIpc) is 3.50. The minimum atomic E-state index is -1.57. The lowest BCUT2D eigenvalue weighted by atomic mass is 10.0. The fourth-order valence-corrected chi connectivity index (χ4v) is 4.51. The first-order valence-corrected chi connectivity index (χ1v) is 16.6. The molecule has 0 bridgehead atoms. The topological polar surface area (TPSA) is 386 Å². The summed E-state index contributed by atoms with van der Waals surface area (Å²) in [6, 6.07) is 4.23. The van der Waals surface area contributed by atoms with E-state index in [4.69, 9.17) is 33.1 Å². The summed E-state index contributed by atoms with van der Waals surface area (Å²) in [6.45, 7) is 2.70. The molecule has 3 aromatic rings. The van der Waals surface area contributed by atoms with Crippen LogP contribution in [-0.2, 0) is 27.2 Å². The van der Waals surface area contributed by atoms with Gasteiger partial charge in [0.15, 0.2) is 0 Å². The van der Waals surface area contributed by atoms with E-state index in [1.807, 2.05) is 0 Å². The van der Waals surface area contributed by atoms with Crippen LogP contribution in [0, 0.1) is 0 Å². The monoisotopic (exact) mass is 733 g/mol. The second-order valence-corrected chi connectivity index (χ2v) is 11.4. The van der Waals surface area contributed by atoms with Gasteiger partial charge in [0.1, 0.15) is 18.4 Å². The van der Waals surface area contributed by atoms with Gasteiger partial charge in [-0.05, 0) is 81.0 Å². The minimum Gasteiger partial charge on any atom is -0.550 e. The summed E-state index contributed by atoms with van der Waals surface area (Å²) in [6.07, 6.45) is 6.19. The Morgan fingerprint density at radius 2 is 1.71 bits per heavy atom. The van der Waals surface area contributed by atoms with Gasteiger partial charge in [0.05, 0.1) is 23.9 Å². The number of carboxylic acids is 3. The maximum atomic E-state index is 12.2. The van der Waals surface area contributed by atoms with Gasteiger partial charge >= 0.3 is 11.9 Å². The van der Waals surface area contributed by atoms with Crippen molar-refractivity contribution in [3.63, 3.8) is 0 Å². The number of aliphatic hydroxyl groups is 1. The number of nitrogens with two attached hydrogens (primary N) is 4. The highest BCUT2D eigenvalue weighted by Gasteiger charge is 2.15. The molecule has 0 aliphatic heterocycles. The van der Waals surface area contributed by atoms with Crippen LogP contribution in [0.25, 0.3) is 11.0 Å². The molecule has 0 radical (unpaired) electrons. The van der Waals surface area contributed by atoms with E-state index in [0.717, 1.165) is 43.6 Å². The summed E-state index contributed by atoms with van der Waals surface area (Å²) >= 11 is 0. The van der Waals surface area contributed by atoms with Crippen LogP contribution in [0.15, 0.2) is 35.3 Å². The van der Waals surface area contributed by atoms with Crippen molar-refractivity contribution in [2.45, 2.75) is 69.9 Å². The molecule has 0 fully saturated rings. The van der Waals surface area contributed by atoms with Crippen LogP contribution in [0.4, 0.5) is 5.95 Å². The zero-order valence-corrected chi connectivity index (χ0v) is 28.9. The molecule has 0 spiro atoms. The first-order chi connectivity index (χ1) is 24.7. The number of unbranched alkanes of at least 4 members (excludes halogenated alkanes) is 2. The van der Waals surface area contributed by atoms with E-state index in [-0.39, 0.29) is 29.5 Å². The second kappa shape index (κ2) is 24.6. The Kier molecular flexibility index (Phi) is 21.0. The highest BCUT2D eigenvalue weighted by molar-refractivity contribution is 5.96. The third-order valence-corrected chi connectivity index (χ3v) is 7.29. The number of carbonyl (C=O) groups is 4. The number of benzene rings is 1. The molecule has 2 heterocycles. The number of hydrogen-bond acceptors (Lipinski definition) is 12. The molecule has 2 aromatic heterocycles. The molecule has 0 aliphatic rings. The fraction of sp³-hybridized carbons (Fsp3) is 0.469. The predicted molar refractivity (Wildman–Crippen MR) is 186 cm³/mol. The molecule has 0 aliphatic carbocycles. The molecule has 3 rings (SSSR count). The number of fused-ring (bicyclic) bond motifs is 1. The lowest BCUT2D eigenvalue weighted by Crippen LogP contribution is -2.78. The van der Waals surface area contributed by atoms with Crippen molar-refractivity contribution < 1.29 is 50.3 Å². The van der Waals surface area contributed by atoms with E-state index in [9.17, 15) is 34.2 Å². The standard InChI is InChI=1S/C20H21N5O6.C6H14N4O2.C6H16N2O/c21-20-24-16-15(18(29)25-20)12(9-22-16)6-3-10-1-4-11(5-2-10)17(28)23-13(19(30)31)7-8-14(26)27;7-4(5(11)12)2-1-3-10-6(8)9;7-6-8-4-2-1-3-5-9/h1-2,4-5,9,13H,3,6-8H2,(H,23,28)(H,26,27)(H,30,31)(H4,21,22,24,25,29);4H,1-3,7H2,(H,11,12)(H4,8,9,10);8-9H,1-7H2. The number of anilines is 1. The van der Waals surface area contributed by atoms with Crippen molar-refractivity contribution in [2.75, 3.05) is 32.1 Å². The Balaban J connectivity index is 0.000000528. The molecule has 2 unspecified atom stereocenters.